The highest BCUT2D eigenvalue weighted by Crippen LogP contribution is 2.34. The van der Waals surface area contributed by atoms with Crippen LogP contribution in [0.1, 0.15) is 19.4 Å². The highest BCUT2D eigenvalue weighted by Gasteiger charge is 2.24. The molecule has 1 amide bonds. The molecule has 138 valence electrons. The number of primary amides is 1. The SMILES string of the molecule is CC(C)(Cc1ccc(Oc2ccc([N+](=O)[O-])cc2O)cc1F)OC(N)=O. The molecule has 0 aliphatic carbocycles. The molecule has 2 aromatic rings. The van der Waals surface area contributed by atoms with Gasteiger partial charge in [0.1, 0.15) is 17.2 Å². The Morgan fingerprint density at radius 3 is 2.54 bits per heavy atom. The quantitative estimate of drug-likeness (QED) is 0.595. The van der Waals surface area contributed by atoms with Gasteiger partial charge in [-0.25, -0.2) is 9.18 Å². The Morgan fingerprint density at radius 2 is 2.00 bits per heavy atom. The number of nitro groups is 1. The first-order valence-electron chi connectivity index (χ1n) is 7.49. The van der Waals surface area contributed by atoms with Crippen molar-refractivity contribution in [2.75, 3.05) is 0 Å². The summed E-state index contributed by atoms with van der Waals surface area (Å²) in [5.41, 5.74) is 3.97. The molecule has 0 unspecified atom stereocenters. The minimum Gasteiger partial charge on any atom is -0.504 e. The van der Waals surface area contributed by atoms with Gasteiger partial charge >= 0.3 is 6.09 Å². The maximum Gasteiger partial charge on any atom is 0.405 e. The van der Waals surface area contributed by atoms with Gasteiger partial charge in [-0.15, -0.1) is 0 Å². The van der Waals surface area contributed by atoms with Crippen LogP contribution in [0.25, 0.3) is 0 Å². The Morgan fingerprint density at radius 1 is 1.31 bits per heavy atom. The lowest BCUT2D eigenvalue weighted by molar-refractivity contribution is -0.385. The lowest BCUT2D eigenvalue weighted by Crippen LogP contribution is -2.33. The number of non-ortho nitro benzene ring substituents is 1. The molecule has 0 saturated carbocycles. The third-order valence-electron chi connectivity index (χ3n) is 3.40. The number of hydrogen-bond acceptors (Lipinski definition) is 6. The molecule has 9 heteroatoms. The van der Waals surface area contributed by atoms with Crippen LogP contribution in [0.15, 0.2) is 36.4 Å². The Balaban J connectivity index is 2.17. The maximum absolute atomic E-state index is 14.3. The number of nitro benzene ring substituents is 1. The van der Waals surface area contributed by atoms with Crippen molar-refractivity contribution in [1.29, 1.82) is 0 Å². The molecule has 0 bridgehead atoms. The van der Waals surface area contributed by atoms with Gasteiger partial charge < -0.3 is 20.3 Å². The molecule has 0 heterocycles. The Kier molecular flexibility index (Phi) is 5.30. The number of ether oxygens (including phenoxy) is 2. The van der Waals surface area contributed by atoms with Crippen LogP contribution >= 0.6 is 0 Å². The summed E-state index contributed by atoms with van der Waals surface area (Å²) in [6.07, 6.45) is -0.866. The number of halogens is 1. The van der Waals surface area contributed by atoms with Crippen molar-refractivity contribution in [2.24, 2.45) is 5.73 Å². The highest BCUT2D eigenvalue weighted by molar-refractivity contribution is 5.65. The monoisotopic (exact) mass is 364 g/mol. The zero-order valence-corrected chi connectivity index (χ0v) is 14.1. The smallest absolute Gasteiger partial charge is 0.405 e. The molecule has 0 fully saturated rings. The van der Waals surface area contributed by atoms with Crippen molar-refractivity contribution in [2.45, 2.75) is 25.9 Å². The van der Waals surface area contributed by atoms with Crippen molar-refractivity contribution in [3.05, 3.63) is 57.9 Å². The fourth-order valence-corrected chi connectivity index (χ4v) is 2.33. The maximum atomic E-state index is 14.3. The van der Waals surface area contributed by atoms with Crippen molar-refractivity contribution < 1.29 is 28.7 Å². The predicted octanol–water partition coefficient (Wildman–Crippen LogP) is 3.65. The first-order chi connectivity index (χ1) is 12.1. The van der Waals surface area contributed by atoms with Gasteiger partial charge in [-0.1, -0.05) is 6.07 Å². The van der Waals surface area contributed by atoms with Crippen molar-refractivity contribution in [1.82, 2.24) is 0 Å². The number of rotatable bonds is 6. The number of carbonyl (C=O) groups excluding carboxylic acids is 1. The number of phenols is 1. The molecule has 2 rings (SSSR count). The Hall–Kier alpha value is -3.36. The van der Waals surface area contributed by atoms with E-state index in [2.05, 4.69) is 0 Å². The van der Waals surface area contributed by atoms with Crippen molar-refractivity contribution in [3.8, 4) is 17.2 Å². The van der Waals surface area contributed by atoms with Gasteiger partial charge in [0.2, 0.25) is 0 Å². The second-order valence-corrected chi connectivity index (χ2v) is 6.12. The van der Waals surface area contributed by atoms with Crippen LogP contribution < -0.4 is 10.5 Å². The summed E-state index contributed by atoms with van der Waals surface area (Å²) >= 11 is 0. The summed E-state index contributed by atoms with van der Waals surface area (Å²) < 4.78 is 24.6. The van der Waals surface area contributed by atoms with Gasteiger partial charge in [-0.3, -0.25) is 10.1 Å². The van der Waals surface area contributed by atoms with Crippen LogP contribution in [0, 0.1) is 15.9 Å². The number of phenolic OH excluding ortho intramolecular Hbond substituents is 1. The molecular weight excluding hydrogens is 347 g/mol. The van der Waals surface area contributed by atoms with E-state index in [4.69, 9.17) is 15.2 Å². The number of carbonyl (C=O) groups is 1. The molecule has 0 spiro atoms. The zero-order chi connectivity index (χ0) is 19.5. The summed E-state index contributed by atoms with van der Waals surface area (Å²) in [5.74, 6) is -1.02. The first kappa shape index (κ1) is 19.0. The van der Waals surface area contributed by atoms with E-state index in [0.717, 1.165) is 18.2 Å². The fourth-order valence-electron chi connectivity index (χ4n) is 2.33. The molecule has 0 aromatic heterocycles. The van der Waals surface area contributed by atoms with Gasteiger partial charge in [0.05, 0.1) is 11.0 Å². The molecule has 8 nitrogen and oxygen atoms in total. The lowest BCUT2D eigenvalue weighted by Gasteiger charge is -2.24. The van der Waals surface area contributed by atoms with E-state index >= 15 is 0 Å². The second-order valence-electron chi connectivity index (χ2n) is 6.12. The van der Waals surface area contributed by atoms with Crippen LogP contribution in [0.3, 0.4) is 0 Å². The molecule has 0 radical (unpaired) electrons. The summed E-state index contributed by atoms with van der Waals surface area (Å²) in [7, 11) is 0. The van der Waals surface area contributed by atoms with E-state index in [1.54, 1.807) is 13.8 Å². The molecular formula is C17H17FN2O6. The van der Waals surface area contributed by atoms with Gasteiger partial charge in [0, 0.05) is 18.6 Å². The largest absolute Gasteiger partial charge is 0.504 e. The molecule has 2 aromatic carbocycles. The third-order valence-corrected chi connectivity index (χ3v) is 3.40. The number of nitrogens with zero attached hydrogens (tertiary/aromatic N) is 1. The number of nitrogens with two attached hydrogens (primary N) is 1. The predicted molar refractivity (Wildman–Crippen MR) is 89.7 cm³/mol. The molecule has 0 atom stereocenters. The summed E-state index contributed by atoms with van der Waals surface area (Å²) in [6, 6.07) is 7.30. The number of hydrogen-bond donors (Lipinski definition) is 2. The van der Waals surface area contributed by atoms with Gasteiger partial charge in [0.25, 0.3) is 5.69 Å². The van der Waals surface area contributed by atoms with Crippen LogP contribution in [-0.2, 0) is 11.2 Å². The lowest BCUT2D eigenvalue weighted by atomic mass is 9.98. The molecule has 3 N–H and O–H groups in total. The standard InChI is InChI=1S/C17H17FN2O6/c1-17(2,26-16(19)22)9-10-3-5-12(8-13(10)18)25-15-6-4-11(20(23)24)7-14(15)21/h3-8,21H,9H2,1-2H3,(H2,19,22). The van der Waals surface area contributed by atoms with Crippen molar-refractivity contribution >= 4 is 11.8 Å². The molecule has 26 heavy (non-hydrogen) atoms. The Bertz CT molecular complexity index is 853. The number of aromatic hydroxyl groups is 1. The zero-order valence-electron chi connectivity index (χ0n) is 14.1. The van der Waals surface area contributed by atoms with Crippen LogP contribution in [0.2, 0.25) is 0 Å². The Labute approximate surface area is 148 Å². The second kappa shape index (κ2) is 7.26. The minimum atomic E-state index is -0.994. The van der Waals surface area contributed by atoms with E-state index in [1.165, 1.54) is 18.2 Å². The third kappa shape index (κ3) is 4.82. The van der Waals surface area contributed by atoms with Crippen LogP contribution in [0.5, 0.6) is 17.2 Å². The summed E-state index contributed by atoms with van der Waals surface area (Å²) in [4.78, 5) is 20.9. The molecule has 0 saturated heterocycles. The average molecular weight is 364 g/mol. The van der Waals surface area contributed by atoms with E-state index in [-0.39, 0.29) is 29.2 Å². The van der Waals surface area contributed by atoms with E-state index < -0.39 is 28.2 Å². The van der Waals surface area contributed by atoms with Crippen LogP contribution in [0.4, 0.5) is 14.9 Å². The summed E-state index contributed by atoms with van der Waals surface area (Å²) in [6.45, 7) is 3.19. The summed E-state index contributed by atoms with van der Waals surface area (Å²) in [5, 5.41) is 20.4. The fraction of sp³-hybridized carbons (Fsp3) is 0.235. The number of benzene rings is 2. The van der Waals surface area contributed by atoms with Crippen molar-refractivity contribution in [3.63, 3.8) is 0 Å². The number of amides is 1. The van der Waals surface area contributed by atoms with E-state index in [1.807, 2.05) is 0 Å². The average Bonchev–Trinajstić information content (AvgIpc) is 2.50. The van der Waals surface area contributed by atoms with E-state index in [0.29, 0.717) is 0 Å². The first-order valence-corrected chi connectivity index (χ1v) is 7.49. The molecule has 0 aliphatic rings. The van der Waals surface area contributed by atoms with Gasteiger partial charge in [0.15, 0.2) is 11.5 Å². The minimum absolute atomic E-state index is 0.0554. The van der Waals surface area contributed by atoms with Gasteiger partial charge in [-0.2, -0.15) is 0 Å². The highest BCUT2D eigenvalue weighted by atomic mass is 19.1. The normalized spacial score (nSPS) is 11.0. The topological polar surface area (TPSA) is 125 Å². The molecule has 0 aliphatic heterocycles. The van der Waals surface area contributed by atoms with Gasteiger partial charge in [-0.05, 0) is 31.5 Å². The van der Waals surface area contributed by atoms with Crippen LogP contribution in [-0.4, -0.2) is 21.7 Å². The van der Waals surface area contributed by atoms with E-state index in [9.17, 15) is 24.4 Å².